The molecule has 1 atom stereocenters. The number of amides is 1. The van der Waals surface area contributed by atoms with Crippen molar-refractivity contribution in [3.63, 3.8) is 0 Å². The Hall–Kier alpha value is -2.01. The van der Waals surface area contributed by atoms with Crippen molar-refractivity contribution >= 4 is 17.5 Å². The summed E-state index contributed by atoms with van der Waals surface area (Å²) < 4.78 is 5.29. The number of rotatable bonds is 6. The number of nitrogens with zero attached hydrogens (tertiary/aromatic N) is 1. The molecule has 5 nitrogen and oxygen atoms in total. The maximum Gasteiger partial charge on any atom is 0.223 e. The topological polar surface area (TPSA) is 67.0 Å². The van der Waals surface area contributed by atoms with Gasteiger partial charge >= 0.3 is 0 Å². The zero-order chi connectivity index (χ0) is 17.0. The molecule has 1 aromatic carbocycles. The van der Waals surface area contributed by atoms with Gasteiger partial charge in [-0.2, -0.15) is 5.10 Å². The first-order chi connectivity index (χ1) is 10.9. The second-order valence-electron chi connectivity index (χ2n) is 5.69. The van der Waals surface area contributed by atoms with Crippen molar-refractivity contribution in [1.29, 1.82) is 0 Å². The van der Waals surface area contributed by atoms with Crippen LogP contribution in [0.3, 0.4) is 0 Å². The fraction of sp³-hybridized carbons (Fsp3) is 0.412. The first-order valence-corrected chi connectivity index (χ1v) is 7.90. The normalized spacial score (nSPS) is 12.0. The van der Waals surface area contributed by atoms with Gasteiger partial charge in [-0.3, -0.25) is 9.89 Å². The van der Waals surface area contributed by atoms with Gasteiger partial charge in [-0.1, -0.05) is 24.6 Å². The predicted octanol–water partition coefficient (Wildman–Crippen LogP) is 3.18. The Morgan fingerprint density at radius 1 is 1.43 bits per heavy atom. The highest BCUT2D eigenvalue weighted by molar-refractivity contribution is 6.30. The SMILES string of the molecule is COc1cc(Cl)ccc1CNC(=O)[C@H](C)Cc1c(C)n[nH]c1C. The summed E-state index contributed by atoms with van der Waals surface area (Å²) in [5.41, 5.74) is 3.97. The third kappa shape index (κ3) is 4.26. The van der Waals surface area contributed by atoms with E-state index in [4.69, 9.17) is 16.3 Å². The van der Waals surface area contributed by atoms with Gasteiger partial charge in [0.15, 0.2) is 0 Å². The number of nitrogens with one attached hydrogen (secondary N) is 2. The molecule has 0 bridgehead atoms. The van der Waals surface area contributed by atoms with E-state index in [9.17, 15) is 4.79 Å². The molecule has 23 heavy (non-hydrogen) atoms. The summed E-state index contributed by atoms with van der Waals surface area (Å²) in [6, 6.07) is 5.38. The largest absolute Gasteiger partial charge is 0.496 e. The summed E-state index contributed by atoms with van der Waals surface area (Å²) in [6.07, 6.45) is 0.664. The smallest absolute Gasteiger partial charge is 0.223 e. The van der Waals surface area contributed by atoms with Crippen LogP contribution in [0.2, 0.25) is 5.02 Å². The lowest BCUT2D eigenvalue weighted by Crippen LogP contribution is -2.30. The van der Waals surface area contributed by atoms with Gasteiger partial charge in [0.25, 0.3) is 0 Å². The van der Waals surface area contributed by atoms with Gasteiger partial charge in [-0.25, -0.2) is 0 Å². The Balaban J connectivity index is 1.97. The van der Waals surface area contributed by atoms with Crippen molar-refractivity contribution in [2.45, 2.75) is 33.7 Å². The first kappa shape index (κ1) is 17.3. The molecule has 0 unspecified atom stereocenters. The van der Waals surface area contributed by atoms with Crippen LogP contribution in [0.5, 0.6) is 5.75 Å². The van der Waals surface area contributed by atoms with Crippen LogP contribution in [-0.4, -0.2) is 23.2 Å². The molecule has 0 fully saturated rings. The summed E-state index contributed by atoms with van der Waals surface area (Å²) in [6.45, 7) is 6.24. The van der Waals surface area contributed by atoms with Crippen molar-refractivity contribution in [3.05, 3.63) is 45.7 Å². The van der Waals surface area contributed by atoms with E-state index >= 15 is 0 Å². The van der Waals surface area contributed by atoms with Gasteiger partial charge in [-0.05, 0) is 38.0 Å². The lowest BCUT2D eigenvalue weighted by atomic mass is 9.99. The van der Waals surface area contributed by atoms with Gasteiger partial charge in [0.05, 0.1) is 12.8 Å². The van der Waals surface area contributed by atoms with Crippen LogP contribution in [-0.2, 0) is 17.8 Å². The number of hydrogen-bond acceptors (Lipinski definition) is 3. The average Bonchev–Trinajstić information content (AvgIpc) is 2.85. The Kier molecular flexibility index (Phi) is 5.66. The second-order valence-corrected chi connectivity index (χ2v) is 6.13. The Morgan fingerprint density at radius 2 is 2.17 bits per heavy atom. The molecule has 1 heterocycles. The third-order valence-electron chi connectivity index (χ3n) is 3.94. The number of ether oxygens (including phenoxy) is 1. The number of aromatic nitrogens is 2. The number of halogens is 1. The molecule has 0 aliphatic heterocycles. The van der Waals surface area contributed by atoms with Crippen LogP contribution in [0.15, 0.2) is 18.2 Å². The van der Waals surface area contributed by atoms with Crippen molar-refractivity contribution in [2.24, 2.45) is 5.92 Å². The number of H-pyrrole nitrogens is 1. The van der Waals surface area contributed by atoms with Crippen LogP contribution in [0.4, 0.5) is 0 Å². The predicted molar refractivity (Wildman–Crippen MR) is 90.8 cm³/mol. The number of carbonyl (C=O) groups is 1. The number of methoxy groups -OCH3 is 1. The van der Waals surface area contributed by atoms with Crippen LogP contribution in [0, 0.1) is 19.8 Å². The van der Waals surface area contributed by atoms with E-state index in [1.165, 1.54) is 0 Å². The second kappa shape index (κ2) is 7.51. The molecule has 1 amide bonds. The monoisotopic (exact) mass is 335 g/mol. The minimum atomic E-state index is -0.136. The zero-order valence-corrected chi connectivity index (χ0v) is 14.6. The van der Waals surface area contributed by atoms with E-state index in [0.29, 0.717) is 23.7 Å². The number of carbonyl (C=O) groups excluding carboxylic acids is 1. The van der Waals surface area contributed by atoms with Gasteiger partial charge in [0.2, 0.25) is 5.91 Å². The average molecular weight is 336 g/mol. The zero-order valence-electron chi connectivity index (χ0n) is 13.9. The number of aryl methyl sites for hydroxylation is 2. The lowest BCUT2D eigenvalue weighted by molar-refractivity contribution is -0.124. The van der Waals surface area contributed by atoms with Gasteiger partial charge in [0.1, 0.15) is 5.75 Å². The Labute approximate surface area is 141 Å². The number of aromatic amines is 1. The molecule has 0 radical (unpaired) electrons. The van der Waals surface area contributed by atoms with Crippen molar-refractivity contribution in [2.75, 3.05) is 7.11 Å². The molecule has 124 valence electrons. The summed E-state index contributed by atoms with van der Waals surface area (Å²) in [4.78, 5) is 12.3. The summed E-state index contributed by atoms with van der Waals surface area (Å²) in [5, 5.41) is 10.7. The van der Waals surface area contributed by atoms with Gasteiger partial charge in [-0.15, -0.1) is 0 Å². The van der Waals surface area contributed by atoms with E-state index in [1.807, 2.05) is 26.8 Å². The van der Waals surface area contributed by atoms with Crippen LogP contribution in [0.1, 0.15) is 29.4 Å². The molecule has 0 aliphatic carbocycles. The van der Waals surface area contributed by atoms with E-state index in [0.717, 1.165) is 22.5 Å². The molecule has 0 saturated heterocycles. The Morgan fingerprint density at radius 3 is 2.78 bits per heavy atom. The van der Waals surface area contributed by atoms with Gasteiger partial charge in [0, 0.05) is 28.7 Å². The third-order valence-corrected chi connectivity index (χ3v) is 4.18. The summed E-state index contributed by atoms with van der Waals surface area (Å²) >= 11 is 5.94. The van der Waals surface area contributed by atoms with E-state index in [1.54, 1.807) is 19.2 Å². The van der Waals surface area contributed by atoms with Crippen molar-refractivity contribution in [1.82, 2.24) is 15.5 Å². The molecule has 2 aromatic rings. The van der Waals surface area contributed by atoms with E-state index in [-0.39, 0.29) is 11.8 Å². The molecule has 6 heteroatoms. The molecule has 2 N–H and O–H groups in total. The molecule has 1 aromatic heterocycles. The molecule has 2 rings (SSSR count). The fourth-order valence-electron chi connectivity index (χ4n) is 2.49. The highest BCUT2D eigenvalue weighted by Crippen LogP contribution is 2.23. The van der Waals surface area contributed by atoms with Crippen molar-refractivity contribution in [3.8, 4) is 5.75 Å². The van der Waals surface area contributed by atoms with Crippen LogP contribution < -0.4 is 10.1 Å². The molecule has 0 spiro atoms. The van der Waals surface area contributed by atoms with Crippen LogP contribution >= 0.6 is 11.6 Å². The maximum atomic E-state index is 12.3. The summed E-state index contributed by atoms with van der Waals surface area (Å²) in [7, 11) is 1.59. The standard InChI is InChI=1S/C17H22ClN3O2/c1-10(7-15-11(2)20-21-12(15)3)17(22)19-9-13-5-6-14(18)8-16(13)23-4/h5-6,8,10H,7,9H2,1-4H3,(H,19,22)(H,20,21)/t10-/m1/s1. The molecular formula is C17H22ClN3O2. The van der Waals surface area contributed by atoms with Crippen molar-refractivity contribution < 1.29 is 9.53 Å². The number of hydrogen-bond donors (Lipinski definition) is 2. The van der Waals surface area contributed by atoms with Gasteiger partial charge < -0.3 is 10.1 Å². The minimum absolute atomic E-state index is 0.00185. The number of benzene rings is 1. The first-order valence-electron chi connectivity index (χ1n) is 7.53. The summed E-state index contributed by atoms with van der Waals surface area (Å²) in [5.74, 6) is 0.539. The lowest BCUT2D eigenvalue weighted by Gasteiger charge is -2.14. The quantitative estimate of drug-likeness (QED) is 0.852. The molecular weight excluding hydrogens is 314 g/mol. The maximum absolute atomic E-state index is 12.3. The highest BCUT2D eigenvalue weighted by Gasteiger charge is 2.17. The van der Waals surface area contributed by atoms with E-state index in [2.05, 4.69) is 15.5 Å². The molecule has 0 saturated carbocycles. The Bertz CT molecular complexity index is 678. The minimum Gasteiger partial charge on any atom is -0.496 e. The molecule has 0 aliphatic rings. The van der Waals surface area contributed by atoms with E-state index < -0.39 is 0 Å². The van der Waals surface area contributed by atoms with Crippen LogP contribution in [0.25, 0.3) is 0 Å². The highest BCUT2D eigenvalue weighted by atomic mass is 35.5. The fourth-order valence-corrected chi connectivity index (χ4v) is 2.66.